The maximum absolute atomic E-state index is 10.5. The lowest BCUT2D eigenvalue weighted by Crippen LogP contribution is -2.51. The maximum Gasteiger partial charge on any atom is 0.148 e. The van der Waals surface area contributed by atoms with Crippen molar-refractivity contribution in [1.82, 2.24) is 20.5 Å². The molecule has 1 aromatic carbocycles. The predicted octanol–water partition coefficient (Wildman–Crippen LogP) is 2.19. The van der Waals surface area contributed by atoms with Gasteiger partial charge in [-0.05, 0) is 41.3 Å². The second-order valence-electron chi connectivity index (χ2n) is 6.98. The Morgan fingerprint density at radius 3 is 2.77 bits per heavy atom. The Morgan fingerprint density at radius 2 is 2.08 bits per heavy atom. The van der Waals surface area contributed by atoms with Crippen LogP contribution in [0.4, 0.5) is 0 Å². The molecule has 4 rings (SSSR count). The highest BCUT2D eigenvalue weighted by Crippen LogP contribution is 2.29. The first-order chi connectivity index (χ1) is 12.7. The summed E-state index contributed by atoms with van der Waals surface area (Å²) >= 11 is 0. The van der Waals surface area contributed by atoms with Gasteiger partial charge in [0.25, 0.3) is 0 Å². The fourth-order valence-corrected chi connectivity index (χ4v) is 3.68. The highest BCUT2D eigenvalue weighted by molar-refractivity contribution is 5.62. The molecule has 3 heterocycles. The van der Waals surface area contributed by atoms with Crippen LogP contribution in [0.5, 0.6) is 0 Å². The molecule has 26 heavy (non-hydrogen) atoms. The standard InChI is InChI=1S/C21H24N4O/c1-16-4-3-11-25(20(16)26)14-21(13-23-15-24-21)19-8-6-17(7-9-19)18-5-2-10-22-12-18/h2-12,20,23-24,26H,13-15H2,1H3. The molecule has 2 atom stereocenters. The fraction of sp³-hybridized carbons (Fsp3) is 0.286. The summed E-state index contributed by atoms with van der Waals surface area (Å²) in [5.74, 6) is 0. The number of aromatic nitrogens is 1. The van der Waals surface area contributed by atoms with Gasteiger partial charge in [0.1, 0.15) is 6.23 Å². The first-order valence-corrected chi connectivity index (χ1v) is 8.93. The first-order valence-electron chi connectivity index (χ1n) is 8.93. The van der Waals surface area contributed by atoms with E-state index in [0.717, 1.165) is 29.9 Å². The van der Waals surface area contributed by atoms with Crippen molar-refractivity contribution in [3.8, 4) is 11.1 Å². The number of benzene rings is 1. The molecule has 5 heteroatoms. The Bertz CT molecular complexity index is 808. The van der Waals surface area contributed by atoms with E-state index >= 15 is 0 Å². The van der Waals surface area contributed by atoms with E-state index in [4.69, 9.17) is 0 Å². The first kappa shape index (κ1) is 17.0. The molecule has 3 N–H and O–H groups in total. The number of aliphatic hydroxyl groups excluding tert-OH is 1. The van der Waals surface area contributed by atoms with Crippen LogP contribution in [0.3, 0.4) is 0 Å². The molecule has 2 aromatic rings. The Hall–Kier alpha value is -2.47. The zero-order valence-corrected chi connectivity index (χ0v) is 14.9. The molecule has 1 fully saturated rings. The summed E-state index contributed by atoms with van der Waals surface area (Å²) in [6, 6.07) is 12.6. The quantitative estimate of drug-likeness (QED) is 0.791. The van der Waals surface area contributed by atoms with Crippen molar-refractivity contribution in [3.05, 3.63) is 78.3 Å². The number of allylic oxidation sites excluding steroid dienone is 2. The second kappa shape index (κ2) is 7.03. The molecule has 0 saturated carbocycles. The van der Waals surface area contributed by atoms with Gasteiger partial charge in [-0.3, -0.25) is 10.3 Å². The summed E-state index contributed by atoms with van der Waals surface area (Å²) in [6.07, 6.45) is 9.00. The average Bonchev–Trinajstić information content (AvgIpc) is 3.16. The predicted molar refractivity (Wildman–Crippen MR) is 103 cm³/mol. The molecule has 134 valence electrons. The Kier molecular flexibility index (Phi) is 4.59. The Labute approximate surface area is 154 Å². The third-order valence-electron chi connectivity index (χ3n) is 5.22. The molecule has 1 saturated heterocycles. The molecule has 1 aromatic heterocycles. The van der Waals surface area contributed by atoms with Crippen LogP contribution in [0, 0.1) is 0 Å². The van der Waals surface area contributed by atoms with Crippen LogP contribution in [-0.4, -0.2) is 41.0 Å². The Balaban J connectivity index is 1.60. The minimum absolute atomic E-state index is 0.240. The van der Waals surface area contributed by atoms with Crippen LogP contribution in [0.1, 0.15) is 12.5 Å². The normalized spacial score (nSPS) is 25.4. The zero-order chi connectivity index (χ0) is 18.0. The molecule has 0 bridgehead atoms. The molecule has 0 spiro atoms. The number of hydrogen-bond donors (Lipinski definition) is 3. The smallest absolute Gasteiger partial charge is 0.148 e. The van der Waals surface area contributed by atoms with Crippen molar-refractivity contribution in [2.45, 2.75) is 18.7 Å². The third-order valence-corrected chi connectivity index (χ3v) is 5.22. The molecule has 2 unspecified atom stereocenters. The number of aliphatic hydroxyl groups is 1. The van der Waals surface area contributed by atoms with E-state index in [1.807, 2.05) is 42.4 Å². The number of rotatable bonds is 4. The van der Waals surface area contributed by atoms with E-state index in [2.05, 4.69) is 45.9 Å². The maximum atomic E-state index is 10.5. The van der Waals surface area contributed by atoms with Crippen LogP contribution in [0.2, 0.25) is 0 Å². The minimum atomic E-state index is -0.575. The molecule has 0 radical (unpaired) electrons. The molecule has 5 nitrogen and oxygen atoms in total. The average molecular weight is 348 g/mol. The number of nitrogens with zero attached hydrogens (tertiary/aromatic N) is 2. The summed E-state index contributed by atoms with van der Waals surface area (Å²) < 4.78 is 0. The lowest BCUT2D eigenvalue weighted by molar-refractivity contribution is 0.0488. The highest BCUT2D eigenvalue weighted by Gasteiger charge is 2.38. The largest absolute Gasteiger partial charge is 0.370 e. The fourth-order valence-electron chi connectivity index (χ4n) is 3.68. The van der Waals surface area contributed by atoms with Crippen molar-refractivity contribution in [2.75, 3.05) is 19.8 Å². The lowest BCUT2D eigenvalue weighted by Gasteiger charge is -2.38. The van der Waals surface area contributed by atoms with Crippen molar-refractivity contribution >= 4 is 0 Å². The summed E-state index contributed by atoms with van der Waals surface area (Å²) in [7, 11) is 0. The van der Waals surface area contributed by atoms with Gasteiger partial charge in [0, 0.05) is 38.4 Å². The van der Waals surface area contributed by atoms with Gasteiger partial charge < -0.3 is 15.3 Å². The monoisotopic (exact) mass is 348 g/mol. The summed E-state index contributed by atoms with van der Waals surface area (Å²) in [6.45, 7) is 4.22. The van der Waals surface area contributed by atoms with Crippen LogP contribution in [0.25, 0.3) is 11.1 Å². The van der Waals surface area contributed by atoms with E-state index in [-0.39, 0.29) is 5.54 Å². The van der Waals surface area contributed by atoms with Gasteiger partial charge in [0.15, 0.2) is 0 Å². The van der Waals surface area contributed by atoms with Crippen molar-refractivity contribution in [1.29, 1.82) is 0 Å². The van der Waals surface area contributed by atoms with Gasteiger partial charge in [-0.1, -0.05) is 36.4 Å². The van der Waals surface area contributed by atoms with Gasteiger partial charge in [0.2, 0.25) is 0 Å². The minimum Gasteiger partial charge on any atom is -0.370 e. The topological polar surface area (TPSA) is 60.4 Å². The van der Waals surface area contributed by atoms with E-state index in [0.29, 0.717) is 6.54 Å². The van der Waals surface area contributed by atoms with Crippen molar-refractivity contribution in [3.63, 3.8) is 0 Å². The van der Waals surface area contributed by atoms with Gasteiger partial charge in [-0.25, -0.2) is 0 Å². The van der Waals surface area contributed by atoms with Crippen LogP contribution in [0.15, 0.2) is 72.7 Å². The zero-order valence-electron chi connectivity index (χ0n) is 14.9. The van der Waals surface area contributed by atoms with Gasteiger partial charge in [0.05, 0.1) is 5.54 Å². The van der Waals surface area contributed by atoms with Crippen LogP contribution >= 0.6 is 0 Å². The van der Waals surface area contributed by atoms with Gasteiger partial charge >= 0.3 is 0 Å². The third kappa shape index (κ3) is 3.17. The summed E-state index contributed by atoms with van der Waals surface area (Å²) in [5.41, 5.74) is 4.19. The van der Waals surface area contributed by atoms with E-state index in [1.165, 1.54) is 5.56 Å². The van der Waals surface area contributed by atoms with Gasteiger partial charge in [-0.15, -0.1) is 0 Å². The van der Waals surface area contributed by atoms with Crippen LogP contribution < -0.4 is 10.6 Å². The van der Waals surface area contributed by atoms with E-state index in [1.54, 1.807) is 6.20 Å². The van der Waals surface area contributed by atoms with E-state index < -0.39 is 6.23 Å². The molecule has 0 aliphatic carbocycles. The SMILES string of the molecule is CC1=CC=CN(CC2(c3ccc(-c4cccnc4)cc3)CNCN2)C1O. The van der Waals surface area contributed by atoms with Crippen molar-refractivity contribution in [2.24, 2.45) is 0 Å². The van der Waals surface area contributed by atoms with Crippen LogP contribution in [-0.2, 0) is 5.54 Å². The molecular formula is C21H24N4O. The van der Waals surface area contributed by atoms with Crippen molar-refractivity contribution < 1.29 is 5.11 Å². The number of hydrogen-bond acceptors (Lipinski definition) is 5. The number of nitrogens with one attached hydrogen (secondary N) is 2. The lowest BCUT2D eigenvalue weighted by atomic mass is 9.88. The number of pyridine rings is 1. The van der Waals surface area contributed by atoms with Gasteiger partial charge in [-0.2, -0.15) is 0 Å². The summed E-state index contributed by atoms with van der Waals surface area (Å²) in [5, 5.41) is 17.5. The Morgan fingerprint density at radius 1 is 1.23 bits per heavy atom. The molecule has 2 aliphatic rings. The second-order valence-corrected chi connectivity index (χ2v) is 6.98. The molecular weight excluding hydrogens is 324 g/mol. The summed E-state index contributed by atoms with van der Waals surface area (Å²) in [4.78, 5) is 6.19. The highest BCUT2D eigenvalue weighted by atomic mass is 16.3. The molecule has 0 amide bonds. The molecule has 2 aliphatic heterocycles. The van der Waals surface area contributed by atoms with E-state index in [9.17, 15) is 5.11 Å².